The van der Waals surface area contributed by atoms with Crippen LogP contribution in [0.3, 0.4) is 0 Å². The Labute approximate surface area is 142 Å². The summed E-state index contributed by atoms with van der Waals surface area (Å²) in [6.45, 7) is 1.66. The van der Waals surface area contributed by atoms with E-state index < -0.39 is 16.6 Å². The molecule has 3 rings (SSSR count). The van der Waals surface area contributed by atoms with E-state index in [0.29, 0.717) is 11.3 Å². The molecule has 0 saturated carbocycles. The van der Waals surface area contributed by atoms with E-state index in [1.807, 2.05) is 0 Å². The Balaban J connectivity index is 2.01. The van der Waals surface area contributed by atoms with Crippen molar-refractivity contribution in [2.24, 2.45) is 5.10 Å². The molecule has 0 aromatic heterocycles. The highest BCUT2D eigenvalue weighted by Crippen LogP contribution is 2.37. The zero-order valence-electron chi connectivity index (χ0n) is 13.3. The number of nitro benzene ring substituents is 1. The Morgan fingerprint density at radius 3 is 2.48 bits per heavy atom. The van der Waals surface area contributed by atoms with Crippen LogP contribution in [0.5, 0.6) is 5.75 Å². The number of aromatic hydroxyl groups is 1. The third-order valence-corrected chi connectivity index (χ3v) is 3.99. The minimum Gasteiger partial charge on any atom is -0.507 e. The van der Waals surface area contributed by atoms with Crippen molar-refractivity contribution in [3.63, 3.8) is 0 Å². The fraction of sp³-hybridized carbons (Fsp3) is 0.176. The second-order valence-corrected chi connectivity index (χ2v) is 5.77. The summed E-state index contributed by atoms with van der Waals surface area (Å²) < 4.78 is 0. The molecular formula is C17H15N3O5. The van der Waals surface area contributed by atoms with Crippen LogP contribution >= 0.6 is 0 Å². The number of hydrogen-bond acceptors (Lipinski definition) is 6. The molecule has 25 heavy (non-hydrogen) atoms. The van der Waals surface area contributed by atoms with Crippen LogP contribution in [0.15, 0.2) is 53.6 Å². The van der Waals surface area contributed by atoms with Crippen molar-refractivity contribution in [1.29, 1.82) is 0 Å². The maximum Gasteiger partial charge on any atom is 0.280 e. The van der Waals surface area contributed by atoms with Crippen LogP contribution in [0.4, 0.5) is 5.69 Å². The van der Waals surface area contributed by atoms with Gasteiger partial charge >= 0.3 is 0 Å². The van der Waals surface area contributed by atoms with Crippen molar-refractivity contribution in [3.8, 4) is 5.75 Å². The van der Waals surface area contributed by atoms with E-state index in [1.165, 1.54) is 36.4 Å². The SMILES string of the molecule is CC1=NN(C(=O)c2ccccc2O)C(O)(c2ccc([N+](=O)[O-])cc2)C1. The number of nitrogens with zero attached hydrogens (tertiary/aromatic N) is 3. The number of non-ortho nitro benzene ring substituents is 1. The predicted octanol–water partition coefficient (Wildman–Crippen LogP) is 2.37. The summed E-state index contributed by atoms with van der Waals surface area (Å²) in [4.78, 5) is 23.0. The molecule has 0 spiro atoms. The fourth-order valence-corrected chi connectivity index (χ4v) is 2.78. The highest BCUT2D eigenvalue weighted by atomic mass is 16.6. The van der Waals surface area contributed by atoms with Crippen molar-refractivity contribution in [2.75, 3.05) is 0 Å². The fourth-order valence-electron chi connectivity index (χ4n) is 2.78. The second-order valence-electron chi connectivity index (χ2n) is 5.77. The second kappa shape index (κ2) is 5.99. The predicted molar refractivity (Wildman–Crippen MR) is 89.0 cm³/mol. The van der Waals surface area contributed by atoms with E-state index in [2.05, 4.69) is 5.10 Å². The molecule has 0 fully saturated rings. The first-order chi connectivity index (χ1) is 11.8. The van der Waals surface area contributed by atoms with E-state index >= 15 is 0 Å². The molecule has 8 heteroatoms. The van der Waals surface area contributed by atoms with Crippen LogP contribution in [0.25, 0.3) is 0 Å². The van der Waals surface area contributed by atoms with Gasteiger partial charge in [-0.25, -0.2) is 0 Å². The number of hydrogen-bond donors (Lipinski definition) is 2. The number of carbonyl (C=O) groups excluding carboxylic acids is 1. The van der Waals surface area contributed by atoms with E-state index in [0.717, 1.165) is 5.01 Å². The average Bonchev–Trinajstić information content (AvgIpc) is 2.90. The summed E-state index contributed by atoms with van der Waals surface area (Å²) in [6, 6.07) is 11.2. The van der Waals surface area contributed by atoms with Crippen molar-refractivity contribution in [2.45, 2.75) is 19.1 Å². The van der Waals surface area contributed by atoms with Gasteiger partial charge in [0.05, 0.1) is 10.5 Å². The van der Waals surface area contributed by atoms with Crippen molar-refractivity contribution < 1.29 is 19.9 Å². The Bertz CT molecular complexity index is 878. The number of phenolic OH excluding ortho intramolecular Hbond substituents is 1. The van der Waals surface area contributed by atoms with Gasteiger partial charge in [0.1, 0.15) is 5.75 Å². The van der Waals surface area contributed by atoms with Gasteiger partial charge in [0, 0.05) is 29.8 Å². The van der Waals surface area contributed by atoms with Gasteiger partial charge in [0.2, 0.25) is 0 Å². The van der Waals surface area contributed by atoms with Gasteiger partial charge < -0.3 is 10.2 Å². The molecule has 1 amide bonds. The van der Waals surface area contributed by atoms with E-state index in [4.69, 9.17) is 0 Å². The summed E-state index contributed by atoms with van der Waals surface area (Å²) in [5.74, 6) is -0.894. The van der Waals surface area contributed by atoms with Gasteiger partial charge in [0.25, 0.3) is 11.6 Å². The number of carbonyl (C=O) groups is 1. The Hall–Kier alpha value is -3.26. The van der Waals surface area contributed by atoms with E-state index in [9.17, 15) is 25.1 Å². The number of hydrazone groups is 1. The number of para-hydroxylation sites is 1. The summed E-state index contributed by atoms with van der Waals surface area (Å²) in [5, 5.41) is 36.8. The van der Waals surface area contributed by atoms with Crippen LogP contribution in [-0.2, 0) is 5.72 Å². The Morgan fingerprint density at radius 2 is 1.88 bits per heavy atom. The molecule has 0 radical (unpaired) electrons. The van der Waals surface area contributed by atoms with Crippen LogP contribution < -0.4 is 0 Å². The lowest BCUT2D eigenvalue weighted by Gasteiger charge is -2.31. The quantitative estimate of drug-likeness (QED) is 0.656. The highest BCUT2D eigenvalue weighted by molar-refractivity contribution is 5.99. The van der Waals surface area contributed by atoms with E-state index in [1.54, 1.807) is 19.1 Å². The molecular weight excluding hydrogens is 326 g/mol. The van der Waals surface area contributed by atoms with Crippen LogP contribution in [0.2, 0.25) is 0 Å². The number of rotatable bonds is 3. The first-order valence-corrected chi connectivity index (χ1v) is 7.47. The van der Waals surface area contributed by atoms with E-state index in [-0.39, 0.29) is 23.4 Å². The summed E-state index contributed by atoms with van der Waals surface area (Å²) in [7, 11) is 0. The topological polar surface area (TPSA) is 116 Å². The molecule has 2 N–H and O–H groups in total. The monoisotopic (exact) mass is 341 g/mol. The normalized spacial score (nSPS) is 19.6. The molecule has 2 aromatic carbocycles. The van der Waals surface area contributed by atoms with Crippen molar-refractivity contribution in [1.82, 2.24) is 5.01 Å². The Morgan fingerprint density at radius 1 is 1.24 bits per heavy atom. The number of phenols is 1. The van der Waals surface area contributed by atoms with Crippen LogP contribution in [-0.4, -0.2) is 31.8 Å². The molecule has 1 atom stereocenters. The third-order valence-electron chi connectivity index (χ3n) is 3.99. The number of amides is 1. The first-order valence-electron chi connectivity index (χ1n) is 7.47. The van der Waals surface area contributed by atoms with Gasteiger partial charge in [-0.3, -0.25) is 14.9 Å². The molecule has 8 nitrogen and oxygen atoms in total. The number of benzene rings is 2. The molecule has 2 aromatic rings. The molecule has 1 aliphatic heterocycles. The molecule has 1 aliphatic rings. The maximum atomic E-state index is 12.8. The molecule has 128 valence electrons. The van der Waals surface area contributed by atoms with Gasteiger partial charge in [-0.2, -0.15) is 10.1 Å². The molecule has 0 bridgehead atoms. The lowest BCUT2D eigenvalue weighted by molar-refractivity contribution is -0.384. The summed E-state index contributed by atoms with van der Waals surface area (Å²) >= 11 is 0. The first kappa shape index (κ1) is 16.6. The minimum atomic E-state index is -1.78. The minimum absolute atomic E-state index is 0.00119. The zero-order valence-corrected chi connectivity index (χ0v) is 13.3. The average molecular weight is 341 g/mol. The van der Waals surface area contributed by atoms with Crippen molar-refractivity contribution >= 4 is 17.3 Å². The smallest absolute Gasteiger partial charge is 0.280 e. The Kier molecular flexibility index (Phi) is 3.97. The lowest BCUT2D eigenvalue weighted by atomic mass is 9.97. The zero-order chi connectivity index (χ0) is 18.2. The third kappa shape index (κ3) is 2.83. The van der Waals surface area contributed by atoms with Gasteiger partial charge in [0.15, 0.2) is 5.72 Å². The van der Waals surface area contributed by atoms with Crippen LogP contribution in [0, 0.1) is 10.1 Å². The standard InChI is InChI=1S/C17H15N3O5/c1-11-10-17(23,12-6-8-13(9-7-12)20(24)25)19(18-11)16(22)14-4-2-3-5-15(14)21/h2-9,21,23H,10H2,1H3. The number of nitro groups is 1. The molecule has 1 heterocycles. The lowest BCUT2D eigenvalue weighted by Crippen LogP contribution is -2.43. The van der Waals surface area contributed by atoms with Crippen LogP contribution in [0.1, 0.15) is 29.3 Å². The molecule has 0 saturated heterocycles. The number of aliphatic hydroxyl groups is 1. The van der Waals surface area contributed by atoms with Gasteiger partial charge in [-0.15, -0.1) is 0 Å². The van der Waals surface area contributed by atoms with Crippen molar-refractivity contribution in [3.05, 3.63) is 69.8 Å². The van der Waals surface area contributed by atoms with Gasteiger partial charge in [-0.1, -0.05) is 12.1 Å². The maximum absolute atomic E-state index is 12.8. The van der Waals surface area contributed by atoms with Gasteiger partial charge in [-0.05, 0) is 31.2 Å². The highest BCUT2D eigenvalue weighted by Gasteiger charge is 2.45. The summed E-state index contributed by atoms with van der Waals surface area (Å²) in [5.41, 5.74) is -1.09. The largest absolute Gasteiger partial charge is 0.507 e. The molecule has 0 aliphatic carbocycles. The summed E-state index contributed by atoms with van der Waals surface area (Å²) in [6.07, 6.45) is 0.0597. The molecule has 1 unspecified atom stereocenters.